The molecule has 0 saturated heterocycles. The summed E-state index contributed by atoms with van der Waals surface area (Å²) < 4.78 is 10.4. The molecule has 1 atom stereocenters. The first-order valence-electron chi connectivity index (χ1n) is 6.93. The summed E-state index contributed by atoms with van der Waals surface area (Å²) in [5, 5.41) is 2.54. The average Bonchev–Trinajstić information content (AvgIpc) is 2.43. The first-order valence-corrected chi connectivity index (χ1v) is 8.16. The summed E-state index contributed by atoms with van der Waals surface area (Å²) in [5.41, 5.74) is -0.117. The molecular formula is C16H23NO4S. The lowest BCUT2D eigenvalue weighted by Gasteiger charge is -2.21. The van der Waals surface area contributed by atoms with Crippen molar-refractivity contribution in [3.63, 3.8) is 0 Å². The topological polar surface area (TPSA) is 64.6 Å². The summed E-state index contributed by atoms with van der Waals surface area (Å²) in [6, 6.07) is 4.56. The van der Waals surface area contributed by atoms with Crippen LogP contribution < -0.4 is 10.1 Å². The molecule has 1 aromatic rings. The molecule has 0 heterocycles. The number of Topliss-reactive ketones (excluding diaryl/α,β-unsaturated/α-hetero) is 1. The molecule has 0 aromatic heterocycles. The van der Waals surface area contributed by atoms with E-state index >= 15 is 0 Å². The first-order chi connectivity index (χ1) is 10.2. The summed E-state index contributed by atoms with van der Waals surface area (Å²) in [6.07, 6.45) is 1.33. The third-order valence-corrected chi connectivity index (χ3v) is 3.57. The second kappa shape index (κ2) is 7.54. The van der Waals surface area contributed by atoms with Crippen molar-refractivity contribution in [2.45, 2.75) is 44.2 Å². The number of hydrogen-bond acceptors (Lipinski definition) is 5. The Morgan fingerprint density at radius 3 is 2.41 bits per heavy atom. The number of rotatable bonds is 5. The molecule has 0 spiro atoms. The third kappa shape index (κ3) is 5.26. The Hall–Kier alpha value is -1.69. The maximum atomic E-state index is 12.4. The van der Waals surface area contributed by atoms with Gasteiger partial charge in [0.25, 0.3) is 0 Å². The van der Waals surface area contributed by atoms with Gasteiger partial charge in [0.15, 0.2) is 5.78 Å². The fraction of sp³-hybridized carbons (Fsp3) is 0.500. The van der Waals surface area contributed by atoms with Gasteiger partial charge in [-0.15, -0.1) is 11.8 Å². The van der Waals surface area contributed by atoms with Crippen LogP contribution in [0.25, 0.3) is 0 Å². The summed E-state index contributed by atoms with van der Waals surface area (Å²) >= 11 is 1.54. The quantitative estimate of drug-likeness (QED) is 0.663. The van der Waals surface area contributed by atoms with Gasteiger partial charge in [0.2, 0.25) is 0 Å². The number of carbonyl (C=O) groups is 2. The van der Waals surface area contributed by atoms with Crippen LogP contribution in [0.3, 0.4) is 0 Å². The minimum absolute atomic E-state index is 0.197. The second-order valence-electron chi connectivity index (χ2n) is 5.80. The molecule has 0 bridgehead atoms. The molecule has 0 radical (unpaired) electrons. The Bertz CT molecular complexity index is 552. The van der Waals surface area contributed by atoms with Gasteiger partial charge in [0, 0.05) is 10.5 Å². The zero-order chi connectivity index (χ0) is 16.9. The molecule has 0 fully saturated rings. The van der Waals surface area contributed by atoms with Crippen molar-refractivity contribution in [3.05, 3.63) is 23.8 Å². The molecule has 6 heteroatoms. The smallest absolute Gasteiger partial charge is 0.408 e. The Kier molecular flexibility index (Phi) is 6.29. The van der Waals surface area contributed by atoms with Gasteiger partial charge in [-0.2, -0.15) is 0 Å². The lowest BCUT2D eigenvalue weighted by atomic mass is 10.1. The zero-order valence-electron chi connectivity index (χ0n) is 13.9. The molecular weight excluding hydrogens is 302 g/mol. The fourth-order valence-corrected chi connectivity index (χ4v) is 2.34. The van der Waals surface area contributed by atoms with E-state index in [1.54, 1.807) is 46.9 Å². The van der Waals surface area contributed by atoms with Crippen LogP contribution in [-0.4, -0.2) is 36.9 Å². The summed E-state index contributed by atoms with van der Waals surface area (Å²) in [4.78, 5) is 25.0. The number of thioether (sulfide) groups is 1. The van der Waals surface area contributed by atoms with E-state index in [0.29, 0.717) is 11.3 Å². The van der Waals surface area contributed by atoms with Gasteiger partial charge in [-0.1, -0.05) is 0 Å². The van der Waals surface area contributed by atoms with Crippen LogP contribution >= 0.6 is 11.8 Å². The minimum Gasteiger partial charge on any atom is -0.496 e. The second-order valence-corrected chi connectivity index (χ2v) is 6.65. The number of ether oxygens (including phenoxy) is 2. The third-order valence-electron chi connectivity index (χ3n) is 2.79. The van der Waals surface area contributed by atoms with Crippen LogP contribution in [0.4, 0.5) is 4.79 Å². The van der Waals surface area contributed by atoms with Crippen LogP contribution in [0.15, 0.2) is 23.1 Å². The number of benzene rings is 1. The van der Waals surface area contributed by atoms with Crippen molar-refractivity contribution in [3.8, 4) is 5.75 Å². The number of amides is 1. The molecule has 22 heavy (non-hydrogen) atoms. The van der Waals surface area contributed by atoms with Gasteiger partial charge in [-0.25, -0.2) is 4.79 Å². The van der Waals surface area contributed by atoms with Gasteiger partial charge in [0.05, 0.1) is 13.2 Å². The molecule has 5 nitrogen and oxygen atoms in total. The minimum atomic E-state index is -0.681. The van der Waals surface area contributed by atoms with Crippen molar-refractivity contribution >= 4 is 23.6 Å². The van der Waals surface area contributed by atoms with Crippen molar-refractivity contribution < 1.29 is 19.1 Å². The number of ketones is 1. The summed E-state index contributed by atoms with van der Waals surface area (Å²) in [6.45, 7) is 6.93. The highest BCUT2D eigenvalue weighted by atomic mass is 32.2. The van der Waals surface area contributed by atoms with E-state index in [-0.39, 0.29) is 5.78 Å². The van der Waals surface area contributed by atoms with Crippen LogP contribution in [0.5, 0.6) is 5.75 Å². The van der Waals surface area contributed by atoms with Crippen molar-refractivity contribution in [2.24, 2.45) is 0 Å². The molecule has 0 aliphatic carbocycles. The van der Waals surface area contributed by atoms with Gasteiger partial charge in [0.1, 0.15) is 11.4 Å². The lowest BCUT2D eigenvalue weighted by molar-refractivity contribution is 0.0497. The van der Waals surface area contributed by atoms with Crippen LogP contribution in [0.1, 0.15) is 38.1 Å². The summed E-state index contributed by atoms with van der Waals surface area (Å²) in [5.74, 6) is 0.444. The predicted molar refractivity (Wildman–Crippen MR) is 87.9 cm³/mol. The largest absolute Gasteiger partial charge is 0.496 e. The van der Waals surface area contributed by atoms with E-state index < -0.39 is 17.7 Å². The average molecular weight is 325 g/mol. The van der Waals surface area contributed by atoms with E-state index in [9.17, 15) is 9.59 Å². The number of hydrogen-bond donors (Lipinski definition) is 1. The molecule has 0 saturated carbocycles. The maximum absolute atomic E-state index is 12.4. The van der Waals surface area contributed by atoms with Gasteiger partial charge < -0.3 is 14.8 Å². The molecule has 1 amide bonds. The van der Waals surface area contributed by atoms with Gasteiger partial charge >= 0.3 is 6.09 Å². The molecule has 0 aliphatic rings. The van der Waals surface area contributed by atoms with Crippen molar-refractivity contribution in [2.75, 3.05) is 13.4 Å². The van der Waals surface area contributed by atoms with Crippen LogP contribution in [-0.2, 0) is 4.74 Å². The SMILES string of the molecule is COc1cc(C(=O)C(C)NC(=O)OC(C)(C)C)ccc1SC. The Morgan fingerprint density at radius 2 is 1.91 bits per heavy atom. The Balaban J connectivity index is 2.81. The number of carbonyl (C=O) groups excluding carboxylic acids is 2. The molecule has 122 valence electrons. The molecule has 1 unspecified atom stereocenters. The Labute approximate surface area is 135 Å². The van der Waals surface area contributed by atoms with Crippen molar-refractivity contribution in [1.82, 2.24) is 5.32 Å². The highest BCUT2D eigenvalue weighted by Crippen LogP contribution is 2.28. The predicted octanol–water partition coefficient (Wildman–Crippen LogP) is 3.51. The highest BCUT2D eigenvalue weighted by Gasteiger charge is 2.22. The first kappa shape index (κ1) is 18.4. The van der Waals surface area contributed by atoms with Crippen LogP contribution in [0.2, 0.25) is 0 Å². The monoisotopic (exact) mass is 325 g/mol. The maximum Gasteiger partial charge on any atom is 0.408 e. The number of methoxy groups -OCH3 is 1. The van der Waals surface area contributed by atoms with E-state index in [4.69, 9.17) is 9.47 Å². The molecule has 0 aliphatic heterocycles. The Morgan fingerprint density at radius 1 is 1.27 bits per heavy atom. The van der Waals surface area contributed by atoms with Gasteiger partial charge in [-0.3, -0.25) is 4.79 Å². The van der Waals surface area contributed by atoms with E-state index in [0.717, 1.165) is 4.90 Å². The summed E-state index contributed by atoms with van der Waals surface area (Å²) in [7, 11) is 1.56. The van der Waals surface area contributed by atoms with Gasteiger partial charge in [-0.05, 0) is 52.1 Å². The van der Waals surface area contributed by atoms with Crippen molar-refractivity contribution in [1.29, 1.82) is 0 Å². The van der Waals surface area contributed by atoms with E-state index in [2.05, 4.69) is 5.32 Å². The molecule has 1 aromatic carbocycles. The number of alkyl carbamates (subject to hydrolysis) is 1. The standard InChI is InChI=1S/C16H23NO4S/c1-10(17-15(19)21-16(2,3)4)14(18)11-7-8-13(22-6)12(9-11)20-5/h7-10H,1-6H3,(H,17,19). The molecule has 1 rings (SSSR count). The number of nitrogens with one attached hydrogen (secondary N) is 1. The van der Waals surface area contributed by atoms with E-state index in [1.807, 2.05) is 12.3 Å². The fourth-order valence-electron chi connectivity index (χ4n) is 1.79. The zero-order valence-corrected chi connectivity index (χ0v) is 14.7. The lowest BCUT2D eigenvalue weighted by Crippen LogP contribution is -2.41. The molecule has 1 N–H and O–H groups in total. The van der Waals surface area contributed by atoms with E-state index in [1.165, 1.54) is 11.8 Å². The van der Waals surface area contributed by atoms with Crippen LogP contribution in [0, 0.1) is 0 Å². The highest BCUT2D eigenvalue weighted by molar-refractivity contribution is 7.98. The normalized spacial score (nSPS) is 12.5.